The van der Waals surface area contributed by atoms with E-state index in [2.05, 4.69) is 22.0 Å². The highest BCUT2D eigenvalue weighted by molar-refractivity contribution is 5.97. The lowest BCUT2D eigenvalue weighted by atomic mass is 10.0. The SMILES string of the molecule is Cc1nc2cc(C(=O)N3CCN([C@H]4CCCN(Cc5ccccc5)C4=O)CC3)ccc2n1C. The Balaban J connectivity index is 1.21. The summed E-state index contributed by atoms with van der Waals surface area (Å²) in [6, 6.07) is 15.9. The third-order valence-corrected chi connectivity index (χ3v) is 7.11. The van der Waals surface area contributed by atoms with Crippen LogP contribution in [-0.4, -0.2) is 74.8 Å². The number of piperidine rings is 1. The van der Waals surface area contributed by atoms with E-state index in [4.69, 9.17) is 0 Å². The van der Waals surface area contributed by atoms with Gasteiger partial charge in [0.15, 0.2) is 0 Å². The molecule has 0 saturated carbocycles. The van der Waals surface area contributed by atoms with E-state index in [1.807, 2.05) is 64.7 Å². The summed E-state index contributed by atoms with van der Waals surface area (Å²) in [7, 11) is 1.99. The van der Waals surface area contributed by atoms with Crippen molar-refractivity contribution in [2.24, 2.45) is 7.05 Å². The van der Waals surface area contributed by atoms with E-state index in [0.717, 1.165) is 49.3 Å². The number of piperazine rings is 1. The van der Waals surface area contributed by atoms with Gasteiger partial charge in [0.25, 0.3) is 5.91 Å². The van der Waals surface area contributed by atoms with Crippen molar-refractivity contribution in [1.82, 2.24) is 24.3 Å². The van der Waals surface area contributed by atoms with E-state index in [1.165, 1.54) is 5.56 Å². The van der Waals surface area contributed by atoms with Gasteiger partial charge >= 0.3 is 0 Å². The Morgan fingerprint density at radius 2 is 1.79 bits per heavy atom. The monoisotopic (exact) mass is 445 g/mol. The zero-order chi connectivity index (χ0) is 22.9. The minimum Gasteiger partial charge on any atom is -0.337 e. The minimum atomic E-state index is -0.0763. The van der Waals surface area contributed by atoms with Crippen LogP contribution in [0, 0.1) is 6.92 Å². The standard InChI is InChI=1S/C26H31N5O2/c1-19-27-22-17-21(10-11-23(22)28(19)2)25(32)30-15-13-29(14-16-30)24-9-6-12-31(26(24)33)18-20-7-4-3-5-8-20/h3-5,7-8,10-11,17,24H,6,9,12-16,18H2,1-2H3/t24-/m0/s1. The Morgan fingerprint density at radius 1 is 1.03 bits per heavy atom. The number of hydrogen-bond acceptors (Lipinski definition) is 4. The second kappa shape index (κ2) is 8.98. The van der Waals surface area contributed by atoms with Gasteiger partial charge in [-0.1, -0.05) is 30.3 Å². The van der Waals surface area contributed by atoms with Gasteiger partial charge in [-0.25, -0.2) is 4.98 Å². The van der Waals surface area contributed by atoms with Gasteiger partial charge in [0.05, 0.1) is 17.1 Å². The average molecular weight is 446 g/mol. The van der Waals surface area contributed by atoms with Crippen LogP contribution in [0.2, 0.25) is 0 Å². The molecule has 3 heterocycles. The van der Waals surface area contributed by atoms with E-state index < -0.39 is 0 Å². The molecule has 2 aliphatic heterocycles. The average Bonchev–Trinajstić information content (AvgIpc) is 3.13. The fourth-order valence-electron chi connectivity index (χ4n) is 5.09. The molecule has 2 aliphatic rings. The third kappa shape index (κ3) is 4.25. The van der Waals surface area contributed by atoms with Gasteiger partial charge in [0.1, 0.15) is 5.82 Å². The highest BCUT2D eigenvalue weighted by Crippen LogP contribution is 2.22. The quantitative estimate of drug-likeness (QED) is 0.620. The topological polar surface area (TPSA) is 61.7 Å². The largest absolute Gasteiger partial charge is 0.337 e. The minimum absolute atomic E-state index is 0.0422. The lowest BCUT2D eigenvalue weighted by Crippen LogP contribution is -2.58. The molecule has 33 heavy (non-hydrogen) atoms. The molecule has 0 N–H and O–H groups in total. The molecule has 0 bridgehead atoms. The number of nitrogens with zero attached hydrogens (tertiary/aromatic N) is 5. The zero-order valence-corrected chi connectivity index (χ0v) is 19.4. The van der Waals surface area contributed by atoms with E-state index in [9.17, 15) is 9.59 Å². The van der Waals surface area contributed by atoms with E-state index in [-0.39, 0.29) is 17.9 Å². The van der Waals surface area contributed by atoms with E-state index >= 15 is 0 Å². The predicted octanol–water partition coefficient (Wildman–Crippen LogP) is 2.83. The first kappa shape index (κ1) is 21.6. The van der Waals surface area contributed by atoms with Crippen LogP contribution in [0.5, 0.6) is 0 Å². The van der Waals surface area contributed by atoms with E-state index in [1.54, 1.807) is 0 Å². The number of fused-ring (bicyclic) bond motifs is 1. The molecule has 0 spiro atoms. The van der Waals surface area contributed by atoms with Crippen LogP contribution in [0.4, 0.5) is 0 Å². The van der Waals surface area contributed by atoms with Gasteiger partial charge in [-0.2, -0.15) is 0 Å². The maximum atomic E-state index is 13.2. The molecule has 2 amide bonds. The van der Waals surface area contributed by atoms with Crippen LogP contribution < -0.4 is 0 Å². The highest BCUT2D eigenvalue weighted by atomic mass is 16.2. The van der Waals surface area contributed by atoms with Crippen LogP contribution in [0.25, 0.3) is 11.0 Å². The van der Waals surface area contributed by atoms with Crippen molar-refractivity contribution in [3.63, 3.8) is 0 Å². The molecule has 172 valence electrons. The number of hydrogen-bond donors (Lipinski definition) is 0. The summed E-state index contributed by atoms with van der Waals surface area (Å²) in [4.78, 5) is 37.1. The molecule has 0 unspecified atom stereocenters. The Hall–Kier alpha value is -3.19. The summed E-state index contributed by atoms with van der Waals surface area (Å²) in [5.74, 6) is 1.20. The highest BCUT2D eigenvalue weighted by Gasteiger charge is 2.35. The normalized spacial score (nSPS) is 19.9. The van der Waals surface area contributed by atoms with Crippen molar-refractivity contribution in [2.75, 3.05) is 32.7 Å². The number of aromatic nitrogens is 2. The number of likely N-dealkylation sites (tertiary alicyclic amines) is 1. The number of carbonyl (C=O) groups excluding carboxylic acids is 2. The molecule has 2 saturated heterocycles. The molecule has 1 atom stereocenters. The van der Waals surface area contributed by atoms with Crippen LogP contribution in [0.15, 0.2) is 48.5 Å². The first-order chi connectivity index (χ1) is 16.0. The lowest BCUT2D eigenvalue weighted by molar-refractivity contribution is -0.141. The lowest BCUT2D eigenvalue weighted by Gasteiger charge is -2.42. The van der Waals surface area contributed by atoms with E-state index in [0.29, 0.717) is 25.2 Å². The summed E-state index contributed by atoms with van der Waals surface area (Å²) in [5, 5.41) is 0. The Kier molecular flexibility index (Phi) is 5.89. The van der Waals surface area contributed by atoms with Gasteiger partial charge < -0.3 is 14.4 Å². The second-order valence-electron chi connectivity index (χ2n) is 9.15. The number of benzene rings is 2. The number of imidazole rings is 1. The number of amides is 2. The molecule has 0 radical (unpaired) electrons. The Bertz CT molecular complexity index is 1160. The van der Waals surface area contributed by atoms with Crippen LogP contribution in [0.3, 0.4) is 0 Å². The fraction of sp³-hybridized carbons (Fsp3) is 0.423. The third-order valence-electron chi connectivity index (χ3n) is 7.11. The van der Waals surface area contributed by atoms with Gasteiger partial charge in [-0.3, -0.25) is 14.5 Å². The summed E-state index contributed by atoms with van der Waals surface area (Å²) in [5.41, 5.74) is 3.73. The summed E-state index contributed by atoms with van der Waals surface area (Å²) in [6.07, 6.45) is 1.92. The number of carbonyl (C=O) groups is 2. The molecule has 5 rings (SSSR count). The molecular weight excluding hydrogens is 414 g/mol. The predicted molar refractivity (Wildman–Crippen MR) is 128 cm³/mol. The molecule has 2 fully saturated rings. The number of rotatable bonds is 4. The smallest absolute Gasteiger partial charge is 0.254 e. The van der Waals surface area contributed by atoms with Crippen LogP contribution in [0.1, 0.15) is 34.6 Å². The summed E-state index contributed by atoms with van der Waals surface area (Å²) >= 11 is 0. The zero-order valence-electron chi connectivity index (χ0n) is 19.4. The second-order valence-corrected chi connectivity index (χ2v) is 9.15. The van der Waals surface area contributed by atoms with Gasteiger partial charge in [0.2, 0.25) is 5.91 Å². The molecule has 2 aromatic carbocycles. The maximum Gasteiger partial charge on any atom is 0.254 e. The molecule has 3 aromatic rings. The summed E-state index contributed by atoms with van der Waals surface area (Å²) in [6.45, 7) is 6.19. The van der Waals surface area contributed by atoms with Crippen molar-refractivity contribution in [3.8, 4) is 0 Å². The first-order valence-corrected chi connectivity index (χ1v) is 11.8. The van der Waals surface area contributed by atoms with Gasteiger partial charge in [0, 0.05) is 51.9 Å². The molecule has 7 nitrogen and oxygen atoms in total. The van der Waals surface area contributed by atoms with Gasteiger partial charge in [-0.05, 0) is 43.5 Å². The molecule has 1 aromatic heterocycles. The van der Waals surface area contributed by atoms with Crippen molar-refractivity contribution in [2.45, 2.75) is 32.4 Å². The van der Waals surface area contributed by atoms with Crippen LogP contribution in [-0.2, 0) is 18.4 Å². The molecule has 0 aliphatic carbocycles. The van der Waals surface area contributed by atoms with Crippen LogP contribution >= 0.6 is 0 Å². The Labute approximate surface area is 194 Å². The summed E-state index contributed by atoms with van der Waals surface area (Å²) < 4.78 is 2.03. The van der Waals surface area contributed by atoms with Crippen molar-refractivity contribution >= 4 is 22.8 Å². The van der Waals surface area contributed by atoms with Gasteiger partial charge in [-0.15, -0.1) is 0 Å². The van der Waals surface area contributed by atoms with Crippen molar-refractivity contribution in [3.05, 3.63) is 65.5 Å². The molecule has 7 heteroatoms. The number of aryl methyl sites for hydroxylation is 2. The van der Waals surface area contributed by atoms with Crippen molar-refractivity contribution in [1.29, 1.82) is 0 Å². The maximum absolute atomic E-state index is 13.2. The Morgan fingerprint density at radius 3 is 2.55 bits per heavy atom. The van der Waals surface area contributed by atoms with Crippen molar-refractivity contribution < 1.29 is 9.59 Å². The fourth-order valence-corrected chi connectivity index (χ4v) is 5.09. The first-order valence-electron chi connectivity index (χ1n) is 11.8. The molecular formula is C26H31N5O2.